The van der Waals surface area contributed by atoms with Crippen LogP contribution in [-0.4, -0.2) is 52.7 Å². The average Bonchev–Trinajstić information content (AvgIpc) is 3.21. The molecule has 1 fully saturated rings. The van der Waals surface area contributed by atoms with Gasteiger partial charge >= 0.3 is 0 Å². The molecule has 1 aliphatic rings. The Labute approximate surface area is 192 Å². The van der Waals surface area contributed by atoms with E-state index in [1.54, 1.807) is 23.1 Å². The maximum atomic E-state index is 12.7. The van der Waals surface area contributed by atoms with Gasteiger partial charge in [0.25, 0.3) is 0 Å². The Balaban J connectivity index is 1.49. The van der Waals surface area contributed by atoms with Crippen LogP contribution in [0.15, 0.2) is 41.6 Å². The predicted molar refractivity (Wildman–Crippen MR) is 131 cm³/mol. The van der Waals surface area contributed by atoms with Gasteiger partial charge in [0.05, 0.1) is 11.8 Å². The number of hydrogen-bond acceptors (Lipinski definition) is 6. The molecule has 1 saturated heterocycles. The van der Waals surface area contributed by atoms with Crippen molar-refractivity contribution >= 4 is 45.0 Å². The van der Waals surface area contributed by atoms with Crippen LogP contribution in [0.3, 0.4) is 0 Å². The molecule has 0 bridgehead atoms. The lowest BCUT2D eigenvalue weighted by Crippen LogP contribution is -2.49. The fourth-order valence-electron chi connectivity index (χ4n) is 3.71. The minimum atomic E-state index is 0.204. The number of carbonyl (C=O) groups is 1. The molecule has 3 heterocycles. The molecule has 7 heteroatoms. The molecule has 0 aliphatic carbocycles. The third-order valence-corrected chi connectivity index (χ3v) is 7.87. The number of aromatic nitrogens is 2. The number of anilines is 1. The zero-order valence-corrected chi connectivity index (χ0v) is 20.1. The fraction of sp³-hybridized carbons (Fsp3) is 0.458. The van der Waals surface area contributed by atoms with Crippen LogP contribution >= 0.6 is 23.1 Å². The number of nitrogens with zero attached hydrogens (tertiary/aromatic N) is 4. The van der Waals surface area contributed by atoms with E-state index in [2.05, 4.69) is 31.7 Å². The Kier molecular flexibility index (Phi) is 7.13. The predicted octanol–water partition coefficient (Wildman–Crippen LogP) is 4.89. The molecule has 1 aliphatic heterocycles. The van der Waals surface area contributed by atoms with Crippen molar-refractivity contribution in [2.24, 2.45) is 5.92 Å². The normalized spacial score (nSPS) is 14.6. The van der Waals surface area contributed by atoms with Crippen LogP contribution in [0.25, 0.3) is 10.2 Å². The number of thioether (sulfide) groups is 1. The first-order valence-electron chi connectivity index (χ1n) is 11.0. The van der Waals surface area contributed by atoms with E-state index in [1.807, 2.05) is 35.2 Å². The SMILES string of the molecule is CCc1cc2c(N3CCN(C(=O)Cc4ccccc4)CC3)nc(SCC(C)C)nc2s1. The number of amides is 1. The minimum absolute atomic E-state index is 0.204. The number of rotatable bonds is 7. The Morgan fingerprint density at radius 3 is 2.55 bits per heavy atom. The van der Waals surface area contributed by atoms with Crippen LogP contribution in [-0.2, 0) is 17.6 Å². The second kappa shape index (κ2) is 10.0. The number of aryl methyl sites for hydroxylation is 1. The summed E-state index contributed by atoms with van der Waals surface area (Å²) in [7, 11) is 0. The highest BCUT2D eigenvalue weighted by Gasteiger charge is 2.24. The summed E-state index contributed by atoms with van der Waals surface area (Å²) in [6.07, 6.45) is 1.48. The van der Waals surface area contributed by atoms with Gasteiger partial charge in [0.15, 0.2) is 5.16 Å². The summed E-state index contributed by atoms with van der Waals surface area (Å²) >= 11 is 3.51. The molecular weight excluding hydrogens is 424 g/mol. The summed E-state index contributed by atoms with van der Waals surface area (Å²) in [5, 5.41) is 2.02. The molecule has 0 radical (unpaired) electrons. The third kappa shape index (κ3) is 5.39. The lowest BCUT2D eigenvalue weighted by molar-refractivity contribution is -0.130. The Morgan fingerprint density at radius 2 is 1.87 bits per heavy atom. The number of thiophene rings is 1. The molecule has 0 atom stereocenters. The molecule has 5 nitrogen and oxygen atoms in total. The van der Waals surface area contributed by atoms with Crippen molar-refractivity contribution in [2.75, 3.05) is 36.8 Å². The molecule has 31 heavy (non-hydrogen) atoms. The number of benzene rings is 1. The molecule has 1 amide bonds. The van der Waals surface area contributed by atoms with E-state index in [4.69, 9.17) is 9.97 Å². The number of piperazine rings is 1. The lowest BCUT2D eigenvalue weighted by atomic mass is 10.1. The van der Waals surface area contributed by atoms with Crippen molar-refractivity contribution in [1.29, 1.82) is 0 Å². The summed E-state index contributed by atoms with van der Waals surface area (Å²) < 4.78 is 0. The summed E-state index contributed by atoms with van der Waals surface area (Å²) in [6, 6.07) is 12.2. The van der Waals surface area contributed by atoms with Gasteiger partial charge < -0.3 is 9.80 Å². The molecule has 4 rings (SSSR count). The lowest BCUT2D eigenvalue weighted by Gasteiger charge is -2.35. The molecule has 164 valence electrons. The minimum Gasteiger partial charge on any atom is -0.352 e. The van der Waals surface area contributed by atoms with Crippen LogP contribution < -0.4 is 4.90 Å². The maximum Gasteiger partial charge on any atom is 0.227 e. The molecular formula is C24H30N4OS2. The second-order valence-electron chi connectivity index (χ2n) is 8.35. The smallest absolute Gasteiger partial charge is 0.227 e. The van der Waals surface area contributed by atoms with Gasteiger partial charge in [-0.15, -0.1) is 11.3 Å². The van der Waals surface area contributed by atoms with Crippen molar-refractivity contribution in [3.8, 4) is 0 Å². The summed E-state index contributed by atoms with van der Waals surface area (Å²) in [5.74, 6) is 2.85. The van der Waals surface area contributed by atoms with Gasteiger partial charge in [-0.25, -0.2) is 9.97 Å². The molecule has 2 aromatic heterocycles. The number of fused-ring (bicyclic) bond motifs is 1. The largest absolute Gasteiger partial charge is 0.352 e. The van der Waals surface area contributed by atoms with E-state index >= 15 is 0 Å². The highest BCUT2D eigenvalue weighted by atomic mass is 32.2. The third-order valence-electron chi connectivity index (χ3n) is 5.43. The molecule has 0 unspecified atom stereocenters. The van der Waals surface area contributed by atoms with Crippen molar-refractivity contribution in [1.82, 2.24) is 14.9 Å². The van der Waals surface area contributed by atoms with Crippen LogP contribution in [0.1, 0.15) is 31.2 Å². The second-order valence-corrected chi connectivity index (χ2v) is 10.5. The molecule has 1 aromatic carbocycles. The summed E-state index contributed by atoms with van der Waals surface area (Å²) in [5.41, 5.74) is 1.07. The summed E-state index contributed by atoms with van der Waals surface area (Å²) in [6.45, 7) is 9.70. The van der Waals surface area contributed by atoms with Crippen molar-refractivity contribution < 1.29 is 4.79 Å². The average molecular weight is 455 g/mol. The maximum absolute atomic E-state index is 12.7. The highest BCUT2D eigenvalue weighted by Crippen LogP contribution is 2.34. The van der Waals surface area contributed by atoms with E-state index in [0.29, 0.717) is 12.3 Å². The van der Waals surface area contributed by atoms with Crippen LogP contribution in [0.5, 0.6) is 0 Å². The van der Waals surface area contributed by atoms with Gasteiger partial charge in [0, 0.05) is 36.8 Å². The van der Waals surface area contributed by atoms with Crippen LogP contribution in [0.4, 0.5) is 5.82 Å². The van der Waals surface area contributed by atoms with Gasteiger partial charge in [-0.05, 0) is 24.0 Å². The highest BCUT2D eigenvalue weighted by molar-refractivity contribution is 7.99. The van der Waals surface area contributed by atoms with Crippen molar-refractivity contribution in [2.45, 2.75) is 38.8 Å². The van der Waals surface area contributed by atoms with E-state index in [9.17, 15) is 4.79 Å². The van der Waals surface area contributed by atoms with Crippen LogP contribution in [0.2, 0.25) is 0 Å². The van der Waals surface area contributed by atoms with Gasteiger partial charge in [-0.3, -0.25) is 4.79 Å². The topological polar surface area (TPSA) is 49.3 Å². The standard InChI is InChI=1S/C24H30N4OS2/c1-4-19-15-20-22(25-24(26-23(20)31-19)30-16-17(2)3)28-12-10-27(11-13-28)21(29)14-18-8-6-5-7-9-18/h5-9,15,17H,4,10-14,16H2,1-3H3. The van der Waals surface area contributed by atoms with Gasteiger partial charge in [0.2, 0.25) is 5.91 Å². The molecule has 0 saturated carbocycles. The number of hydrogen-bond donors (Lipinski definition) is 0. The number of carbonyl (C=O) groups excluding carboxylic acids is 1. The zero-order chi connectivity index (χ0) is 21.8. The zero-order valence-electron chi connectivity index (χ0n) is 18.5. The van der Waals surface area contributed by atoms with E-state index < -0.39 is 0 Å². The first-order chi connectivity index (χ1) is 15.0. The van der Waals surface area contributed by atoms with E-state index in [0.717, 1.165) is 65.1 Å². The Morgan fingerprint density at radius 1 is 1.13 bits per heavy atom. The quantitative estimate of drug-likeness (QED) is 0.376. The molecule has 0 spiro atoms. The Bertz CT molecular complexity index is 1030. The van der Waals surface area contributed by atoms with Gasteiger partial charge in [0.1, 0.15) is 10.6 Å². The van der Waals surface area contributed by atoms with Crippen molar-refractivity contribution in [3.63, 3.8) is 0 Å². The van der Waals surface area contributed by atoms with E-state index in [-0.39, 0.29) is 5.91 Å². The molecule has 3 aromatic rings. The monoisotopic (exact) mass is 454 g/mol. The van der Waals surface area contributed by atoms with Gasteiger partial charge in [-0.2, -0.15) is 0 Å². The summed E-state index contributed by atoms with van der Waals surface area (Å²) in [4.78, 5) is 29.3. The first kappa shape index (κ1) is 22.1. The van der Waals surface area contributed by atoms with E-state index in [1.165, 1.54) is 4.88 Å². The van der Waals surface area contributed by atoms with Gasteiger partial charge in [-0.1, -0.05) is 62.9 Å². The Hall–Kier alpha value is -2.12. The van der Waals surface area contributed by atoms with Crippen molar-refractivity contribution in [3.05, 3.63) is 46.8 Å². The first-order valence-corrected chi connectivity index (χ1v) is 12.8. The van der Waals surface area contributed by atoms with Crippen LogP contribution in [0, 0.1) is 5.92 Å². The fourth-order valence-corrected chi connectivity index (χ4v) is 5.52. The molecule has 0 N–H and O–H groups in total.